The van der Waals surface area contributed by atoms with Gasteiger partial charge in [-0.2, -0.15) is 0 Å². The van der Waals surface area contributed by atoms with E-state index < -0.39 is 5.76 Å². The molecular formula is C11H13N3O4. The number of carbonyl (C=O) groups is 1. The molecule has 0 aromatic carbocycles. The third-order valence-corrected chi connectivity index (χ3v) is 2.35. The Kier molecular flexibility index (Phi) is 3.73. The van der Waals surface area contributed by atoms with E-state index in [0.29, 0.717) is 24.4 Å². The van der Waals surface area contributed by atoms with Gasteiger partial charge in [0.15, 0.2) is 11.2 Å². The number of aromatic nitrogens is 2. The van der Waals surface area contributed by atoms with Gasteiger partial charge in [0, 0.05) is 19.9 Å². The Labute approximate surface area is 102 Å². The minimum atomic E-state index is -0.592. The normalized spacial score (nSPS) is 10.7. The highest BCUT2D eigenvalue weighted by Crippen LogP contribution is 2.07. The van der Waals surface area contributed by atoms with Crippen molar-refractivity contribution in [3.63, 3.8) is 0 Å². The highest BCUT2D eigenvalue weighted by molar-refractivity contribution is 5.78. The van der Waals surface area contributed by atoms with Crippen LogP contribution >= 0.6 is 0 Å². The monoisotopic (exact) mass is 251 g/mol. The number of pyridine rings is 1. The van der Waals surface area contributed by atoms with Gasteiger partial charge in [0.05, 0.1) is 6.61 Å². The van der Waals surface area contributed by atoms with Crippen LogP contribution in [0.4, 0.5) is 0 Å². The number of amides is 1. The SMILES string of the molecule is COCCNC(=O)Cn1c(=O)oc2cccnc21. The largest absolute Gasteiger partial charge is 0.421 e. The van der Waals surface area contributed by atoms with Crippen LogP contribution in [0.25, 0.3) is 11.2 Å². The minimum absolute atomic E-state index is 0.118. The van der Waals surface area contributed by atoms with Gasteiger partial charge in [-0.1, -0.05) is 0 Å². The lowest BCUT2D eigenvalue weighted by molar-refractivity contribution is -0.121. The lowest BCUT2D eigenvalue weighted by Crippen LogP contribution is -2.32. The van der Waals surface area contributed by atoms with Crippen molar-refractivity contribution in [2.75, 3.05) is 20.3 Å². The number of fused-ring (bicyclic) bond motifs is 1. The molecule has 1 amide bonds. The van der Waals surface area contributed by atoms with Crippen LogP contribution in [0.2, 0.25) is 0 Å². The van der Waals surface area contributed by atoms with Crippen LogP contribution in [0.3, 0.4) is 0 Å². The smallest absolute Gasteiger partial charge is 0.406 e. The van der Waals surface area contributed by atoms with Crippen LogP contribution in [0, 0.1) is 0 Å². The summed E-state index contributed by atoms with van der Waals surface area (Å²) in [5, 5.41) is 2.62. The molecule has 0 unspecified atom stereocenters. The molecule has 7 heteroatoms. The first-order valence-electron chi connectivity index (χ1n) is 5.42. The van der Waals surface area contributed by atoms with Gasteiger partial charge in [-0.25, -0.2) is 14.3 Å². The molecule has 7 nitrogen and oxygen atoms in total. The summed E-state index contributed by atoms with van der Waals surface area (Å²) >= 11 is 0. The fourth-order valence-electron chi connectivity index (χ4n) is 1.53. The van der Waals surface area contributed by atoms with Crippen molar-refractivity contribution in [2.24, 2.45) is 0 Å². The molecule has 0 aliphatic carbocycles. The third kappa shape index (κ3) is 2.57. The Hall–Kier alpha value is -2.15. The number of hydrogen-bond donors (Lipinski definition) is 1. The number of rotatable bonds is 5. The van der Waals surface area contributed by atoms with E-state index in [9.17, 15) is 9.59 Å². The minimum Gasteiger partial charge on any atom is -0.406 e. The van der Waals surface area contributed by atoms with Crippen molar-refractivity contribution in [3.05, 3.63) is 28.9 Å². The number of nitrogens with zero attached hydrogens (tertiary/aromatic N) is 2. The van der Waals surface area contributed by atoms with E-state index in [0.717, 1.165) is 0 Å². The predicted molar refractivity (Wildman–Crippen MR) is 63.2 cm³/mol. The number of nitrogens with one attached hydrogen (secondary N) is 1. The maximum atomic E-state index is 11.6. The van der Waals surface area contributed by atoms with Gasteiger partial charge in [-0.05, 0) is 12.1 Å². The lowest BCUT2D eigenvalue weighted by atomic mass is 10.4. The number of oxazole rings is 1. The van der Waals surface area contributed by atoms with Crippen LogP contribution in [0.15, 0.2) is 27.5 Å². The maximum Gasteiger partial charge on any atom is 0.421 e. The maximum absolute atomic E-state index is 11.6. The van der Waals surface area contributed by atoms with Gasteiger partial charge >= 0.3 is 5.76 Å². The van der Waals surface area contributed by atoms with Crippen LogP contribution in [-0.4, -0.2) is 35.7 Å². The summed E-state index contributed by atoms with van der Waals surface area (Å²) in [6.07, 6.45) is 1.54. The number of ether oxygens (including phenoxy) is 1. The molecule has 96 valence electrons. The summed E-state index contributed by atoms with van der Waals surface area (Å²) in [7, 11) is 1.55. The van der Waals surface area contributed by atoms with Crippen molar-refractivity contribution in [1.82, 2.24) is 14.9 Å². The second-order valence-corrected chi connectivity index (χ2v) is 3.62. The highest BCUT2D eigenvalue weighted by atomic mass is 16.5. The summed E-state index contributed by atoms with van der Waals surface area (Å²) < 4.78 is 11.0. The van der Waals surface area contributed by atoms with Crippen molar-refractivity contribution < 1.29 is 13.9 Å². The molecule has 2 heterocycles. The molecule has 2 aromatic rings. The summed E-state index contributed by atoms with van der Waals surface area (Å²) in [5.41, 5.74) is 0.733. The van der Waals surface area contributed by atoms with Crippen LogP contribution < -0.4 is 11.1 Å². The van der Waals surface area contributed by atoms with Crippen molar-refractivity contribution in [3.8, 4) is 0 Å². The van der Waals surface area contributed by atoms with Gasteiger partial charge < -0.3 is 14.5 Å². The first-order valence-corrected chi connectivity index (χ1v) is 5.42. The average Bonchev–Trinajstić information content (AvgIpc) is 2.67. The van der Waals surface area contributed by atoms with Crippen molar-refractivity contribution >= 4 is 17.1 Å². The van der Waals surface area contributed by atoms with Gasteiger partial charge in [0.1, 0.15) is 6.54 Å². The van der Waals surface area contributed by atoms with Crippen LogP contribution in [0.5, 0.6) is 0 Å². The molecule has 2 rings (SSSR count). The summed E-state index contributed by atoms with van der Waals surface area (Å²) in [5.74, 6) is -0.881. The Balaban J connectivity index is 2.14. The topological polar surface area (TPSA) is 86.4 Å². The van der Waals surface area contributed by atoms with Crippen LogP contribution in [-0.2, 0) is 16.1 Å². The number of carbonyl (C=O) groups excluding carboxylic acids is 1. The fourth-order valence-corrected chi connectivity index (χ4v) is 1.53. The van der Waals surface area contributed by atoms with E-state index in [1.807, 2.05) is 0 Å². The molecular weight excluding hydrogens is 238 g/mol. The quantitative estimate of drug-likeness (QED) is 0.741. The zero-order chi connectivity index (χ0) is 13.0. The third-order valence-electron chi connectivity index (χ3n) is 2.35. The van der Waals surface area contributed by atoms with E-state index in [1.54, 1.807) is 19.2 Å². The molecule has 0 radical (unpaired) electrons. The van der Waals surface area contributed by atoms with Gasteiger partial charge in [0.2, 0.25) is 5.91 Å². The van der Waals surface area contributed by atoms with E-state index >= 15 is 0 Å². The first kappa shape index (κ1) is 12.3. The standard InChI is InChI=1S/C11H13N3O4/c1-17-6-5-12-9(15)7-14-10-8(18-11(14)16)3-2-4-13-10/h2-4H,5-7H2,1H3,(H,12,15). The molecule has 0 bridgehead atoms. The van der Waals surface area contributed by atoms with E-state index in [4.69, 9.17) is 9.15 Å². The van der Waals surface area contributed by atoms with Gasteiger partial charge in [-0.3, -0.25) is 4.79 Å². The van der Waals surface area contributed by atoms with E-state index in [1.165, 1.54) is 10.8 Å². The first-order chi connectivity index (χ1) is 8.72. The average molecular weight is 251 g/mol. The molecule has 0 saturated heterocycles. The molecule has 0 fully saturated rings. The molecule has 0 atom stereocenters. The number of hydrogen-bond acceptors (Lipinski definition) is 5. The Morgan fingerprint density at radius 1 is 1.61 bits per heavy atom. The predicted octanol–water partition coefficient (Wildman–Crippen LogP) is -0.248. The van der Waals surface area contributed by atoms with Crippen molar-refractivity contribution in [1.29, 1.82) is 0 Å². The zero-order valence-corrected chi connectivity index (χ0v) is 9.88. The van der Waals surface area contributed by atoms with Gasteiger partial charge in [-0.15, -0.1) is 0 Å². The van der Waals surface area contributed by atoms with Gasteiger partial charge in [0.25, 0.3) is 0 Å². The number of methoxy groups -OCH3 is 1. The highest BCUT2D eigenvalue weighted by Gasteiger charge is 2.12. The fraction of sp³-hybridized carbons (Fsp3) is 0.364. The zero-order valence-electron chi connectivity index (χ0n) is 9.88. The Bertz CT molecular complexity index is 602. The molecule has 18 heavy (non-hydrogen) atoms. The summed E-state index contributed by atoms with van der Waals surface area (Å²) in [6, 6.07) is 3.29. The Morgan fingerprint density at radius 3 is 3.22 bits per heavy atom. The lowest BCUT2D eigenvalue weighted by Gasteiger charge is -2.04. The molecule has 0 aliphatic heterocycles. The molecule has 0 saturated carbocycles. The summed E-state index contributed by atoms with van der Waals surface area (Å²) in [6.45, 7) is 0.699. The second-order valence-electron chi connectivity index (χ2n) is 3.62. The van der Waals surface area contributed by atoms with E-state index in [-0.39, 0.29) is 12.5 Å². The Morgan fingerprint density at radius 2 is 2.44 bits per heavy atom. The summed E-state index contributed by atoms with van der Waals surface area (Å²) in [4.78, 5) is 27.2. The molecule has 0 aliphatic rings. The molecule has 1 N–H and O–H groups in total. The van der Waals surface area contributed by atoms with E-state index in [2.05, 4.69) is 10.3 Å². The molecule has 2 aromatic heterocycles. The van der Waals surface area contributed by atoms with Crippen molar-refractivity contribution in [2.45, 2.75) is 6.54 Å². The molecule has 0 spiro atoms. The second kappa shape index (κ2) is 5.46. The van der Waals surface area contributed by atoms with Crippen LogP contribution in [0.1, 0.15) is 0 Å².